The average molecular weight is 500 g/mol. The fraction of sp³-hybridized carbons (Fsp3) is 0.233. The third-order valence-electron chi connectivity index (χ3n) is 6.07. The molecule has 0 aliphatic carbocycles. The van der Waals surface area contributed by atoms with Gasteiger partial charge in [0.2, 0.25) is 0 Å². The highest BCUT2D eigenvalue weighted by Gasteiger charge is 2.47. The molecule has 37 heavy (non-hydrogen) atoms. The molecule has 7 nitrogen and oxygen atoms in total. The molecule has 0 bridgehead atoms. The number of Topliss-reactive ketones (excluding diaryl/α,β-unsaturated/α-hetero) is 1. The average Bonchev–Trinajstić information content (AvgIpc) is 3.14. The molecule has 1 heterocycles. The summed E-state index contributed by atoms with van der Waals surface area (Å²) in [6.45, 7) is 5.71. The van der Waals surface area contributed by atoms with E-state index in [1.54, 1.807) is 48.5 Å². The second-order valence-corrected chi connectivity index (χ2v) is 9.20. The van der Waals surface area contributed by atoms with Crippen molar-refractivity contribution in [3.63, 3.8) is 0 Å². The molecule has 4 rings (SSSR count). The van der Waals surface area contributed by atoms with Crippen molar-refractivity contribution in [2.75, 3.05) is 12.0 Å². The number of benzene rings is 3. The van der Waals surface area contributed by atoms with E-state index in [-0.39, 0.29) is 29.8 Å². The van der Waals surface area contributed by atoms with E-state index in [1.807, 2.05) is 45.0 Å². The van der Waals surface area contributed by atoms with Crippen molar-refractivity contribution in [1.29, 1.82) is 0 Å². The number of hydrogen-bond donors (Lipinski definition) is 1. The molecule has 3 aromatic rings. The quantitative estimate of drug-likeness (QED) is 0.210. The number of nitrogens with zero attached hydrogens (tertiary/aromatic N) is 1. The molecule has 0 radical (unpaired) electrons. The van der Waals surface area contributed by atoms with Gasteiger partial charge in [0.15, 0.2) is 0 Å². The fourth-order valence-electron chi connectivity index (χ4n) is 4.41. The van der Waals surface area contributed by atoms with Crippen LogP contribution < -0.4 is 9.64 Å². The van der Waals surface area contributed by atoms with Gasteiger partial charge >= 0.3 is 5.97 Å². The topological polar surface area (TPSA) is 93.1 Å². The van der Waals surface area contributed by atoms with Crippen LogP contribution in [0.25, 0.3) is 5.76 Å². The summed E-state index contributed by atoms with van der Waals surface area (Å²) >= 11 is 0. The Hall–Kier alpha value is -4.39. The van der Waals surface area contributed by atoms with Gasteiger partial charge in [-0.15, -0.1) is 0 Å². The second kappa shape index (κ2) is 10.7. The maximum atomic E-state index is 13.4. The van der Waals surface area contributed by atoms with E-state index in [0.717, 1.165) is 5.56 Å². The second-order valence-electron chi connectivity index (χ2n) is 9.20. The van der Waals surface area contributed by atoms with Crippen molar-refractivity contribution in [2.45, 2.75) is 39.3 Å². The summed E-state index contributed by atoms with van der Waals surface area (Å²) in [5, 5.41) is 11.4. The Morgan fingerprint density at radius 3 is 2.35 bits per heavy atom. The van der Waals surface area contributed by atoms with Crippen LogP contribution in [0.15, 0.2) is 78.4 Å². The lowest BCUT2D eigenvalue weighted by atomic mass is 9.94. The van der Waals surface area contributed by atoms with Gasteiger partial charge in [-0.2, -0.15) is 0 Å². The minimum absolute atomic E-state index is 0.00376. The molecule has 0 saturated carbocycles. The van der Waals surface area contributed by atoms with Gasteiger partial charge < -0.3 is 14.6 Å². The molecule has 1 unspecified atom stereocenters. The number of anilines is 1. The number of methoxy groups -OCH3 is 1. The van der Waals surface area contributed by atoms with Crippen LogP contribution in [0.1, 0.15) is 42.1 Å². The Kier molecular flexibility index (Phi) is 7.43. The summed E-state index contributed by atoms with van der Waals surface area (Å²) in [5.41, 5.74) is 3.19. The molecule has 1 amide bonds. The zero-order valence-electron chi connectivity index (χ0n) is 21.2. The highest BCUT2D eigenvalue weighted by Crippen LogP contribution is 2.42. The predicted molar refractivity (Wildman–Crippen MR) is 140 cm³/mol. The molecule has 190 valence electrons. The number of rotatable bonds is 7. The molecular weight excluding hydrogens is 470 g/mol. The molecule has 1 saturated heterocycles. The number of ketones is 1. The lowest BCUT2D eigenvalue weighted by molar-refractivity contribution is -0.139. The summed E-state index contributed by atoms with van der Waals surface area (Å²) in [4.78, 5) is 39.8. The van der Waals surface area contributed by atoms with Crippen molar-refractivity contribution >= 4 is 29.1 Å². The highest BCUT2D eigenvalue weighted by atomic mass is 16.5. The third-order valence-corrected chi connectivity index (χ3v) is 6.07. The Morgan fingerprint density at radius 1 is 1.00 bits per heavy atom. The summed E-state index contributed by atoms with van der Waals surface area (Å²) in [6, 6.07) is 20.3. The van der Waals surface area contributed by atoms with Crippen LogP contribution in [0.3, 0.4) is 0 Å². The first-order valence-corrected chi connectivity index (χ1v) is 12.0. The Balaban J connectivity index is 1.84. The van der Waals surface area contributed by atoms with Gasteiger partial charge in [0.05, 0.1) is 31.2 Å². The molecule has 3 aromatic carbocycles. The van der Waals surface area contributed by atoms with Gasteiger partial charge in [0.1, 0.15) is 11.5 Å². The Labute approximate surface area is 215 Å². The number of aliphatic hydroxyl groups is 1. The molecule has 1 aliphatic rings. The van der Waals surface area contributed by atoms with Crippen LogP contribution in [0.5, 0.6) is 5.75 Å². The maximum absolute atomic E-state index is 13.4. The molecule has 0 aromatic heterocycles. The zero-order chi connectivity index (χ0) is 26.7. The van der Waals surface area contributed by atoms with Gasteiger partial charge in [-0.25, -0.2) is 0 Å². The number of carbonyl (C=O) groups excluding carboxylic acids is 3. The van der Waals surface area contributed by atoms with Crippen molar-refractivity contribution in [3.05, 3.63) is 101 Å². The standard InChI is InChI=1S/C30H29NO6/c1-18(2)37-24-10-6-9-22(17-24)28(33)26-27(21-8-5-7-19(3)15-21)31(30(35)29(26)34)23-13-11-20(12-14-23)16-25(32)36-4/h5-15,17-18,27,33H,16H2,1-4H3/b28-26-. The largest absolute Gasteiger partial charge is 0.507 e. The first-order valence-electron chi connectivity index (χ1n) is 12.0. The van der Waals surface area contributed by atoms with Crippen molar-refractivity contribution < 1.29 is 29.0 Å². The van der Waals surface area contributed by atoms with Crippen LogP contribution in [0.2, 0.25) is 0 Å². The van der Waals surface area contributed by atoms with Crippen molar-refractivity contribution in [1.82, 2.24) is 0 Å². The van der Waals surface area contributed by atoms with Gasteiger partial charge in [0, 0.05) is 11.3 Å². The molecular formula is C30H29NO6. The van der Waals surface area contributed by atoms with Crippen LogP contribution in [0, 0.1) is 6.92 Å². The molecule has 1 atom stereocenters. The number of aliphatic hydroxyl groups excluding tert-OH is 1. The van der Waals surface area contributed by atoms with Gasteiger partial charge in [-0.05, 0) is 56.2 Å². The minimum Gasteiger partial charge on any atom is -0.507 e. The third kappa shape index (κ3) is 5.40. The van der Waals surface area contributed by atoms with Crippen LogP contribution >= 0.6 is 0 Å². The number of hydrogen-bond acceptors (Lipinski definition) is 6. The summed E-state index contributed by atoms with van der Waals surface area (Å²) in [5.74, 6) is -1.64. The Bertz CT molecular complexity index is 1370. The fourth-order valence-corrected chi connectivity index (χ4v) is 4.41. The number of carbonyl (C=O) groups is 3. The molecule has 1 N–H and O–H groups in total. The lowest BCUT2D eigenvalue weighted by Crippen LogP contribution is -2.29. The zero-order valence-corrected chi connectivity index (χ0v) is 21.2. The molecule has 7 heteroatoms. The van der Waals surface area contributed by atoms with E-state index in [2.05, 4.69) is 0 Å². The van der Waals surface area contributed by atoms with Crippen molar-refractivity contribution in [2.24, 2.45) is 0 Å². The SMILES string of the molecule is COC(=O)Cc1ccc(N2C(=O)C(=O)/C(=C(\O)c3cccc(OC(C)C)c3)C2c2cccc(C)c2)cc1. The lowest BCUT2D eigenvalue weighted by Gasteiger charge is -2.26. The molecule has 1 aliphatic heterocycles. The van der Waals surface area contributed by atoms with Gasteiger partial charge in [-0.1, -0.05) is 54.1 Å². The first-order chi connectivity index (χ1) is 17.7. The smallest absolute Gasteiger partial charge is 0.309 e. The molecule has 0 spiro atoms. The number of ether oxygens (including phenoxy) is 2. The van der Waals surface area contributed by atoms with E-state index < -0.39 is 17.7 Å². The first kappa shape index (κ1) is 25.7. The van der Waals surface area contributed by atoms with Crippen LogP contribution in [0.4, 0.5) is 5.69 Å². The summed E-state index contributed by atoms with van der Waals surface area (Å²) in [6.07, 6.45) is 0.0172. The van der Waals surface area contributed by atoms with E-state index in [0.29, 0.717) is 28.1 Å². The van der Waals surface area contributed by atoms with Gasteiger partial charge in [-0.3, -0.25) is 19.3 Å². The van der Waals surface area contributed by atoms with E-state index >= 15 is 0 Å². The predicted octanol–water partition coefficient (Wildman–Crippen LogP) is 5.12. The number of esters is 1. The van der Waals surface area contributed by atoms with Gasteiger partial charge in [0.25, 0.3) is 11.7 Å². The van der Waals surface area contributed by atoms with Crippen LogP contribution in [-0.2, 0) is 25.5 Å². The maximum Gasteiger partial charge on any atom is 0.309 e. The Morgan fingerprint density at radius 2 is 1.70 bits per heavy atom. The number of aryl methyl sites for hydroxylation is 1. The monoisotopic (exact) mass is 499 g/mol. The summed E-state index contributed by atoms with van der Waals surface area (Å²) in [7, 11) is 1.32. The molecule has 1 fully saturated rings. The van der Waals surface area contributed by atoms with E-state index in [9.17, 15) is 19.5 Å². The van der Waals surface area contributed by atoms with Crippen LogP contribution in [-0.4, -0.2) is 36.0 Å². The van der Waals surface area contributed by atoms with E-state index in [4.69, 9.17) is 9.47 Å². The highest BCUT2D eigenvalue weighted by molar-refractivity contribution is 6.51. The van der Waals surface area contributed by atoms with Crippen molar-refractivity contribution in [3.8, 4) is 5.75 Å². The number of amides is 1. The summed E-state index contributed by atoms with van der Waals surface area (Å²) < 4.78 is 10.5. The normalized spacial score (nSPS) is 16.8. The minimum atomic E-state index is -0.846. The van der Waals surface area contributed by atoms with E-state index in [1.165, 1.54) is 12.0 Å².